The van der Waals surface area contributed by atoms with Crippen LogP contribution < -0.4 is 9.47 Å². The van der Waals surface area contributed by atoms with Crippen molar-refractivity contribution in [1.29, 1.82) is 0 Å². The number of piperazine rings is 1. The van der Waals surface area contributed by atoms with Crippen molar-refractivity contribution in [1.82, 2.24) is 9.80 Å². The van der Waals surface area contributed by atoms with Gasteiger partial charge in [-0.05, 0) is 30.2 Å². The third kappa shape index (κ3) is 6.98. The molecular weight excluding hydrogens is 416 g/mol. The Labute approximate surface area is 186 Å². The number of carbonyl (C=O) groups is 3. The zero-order chi connectivity index (χ0) is 23.7. The van der Waals surface area contributed by atoms with E-state index in [4.69, 9.17) is 29.3 Å². The lowest BCUT2D eigenvalue weighted by Crippen LogP contribution is -2.48. The number of methoxy groups -OCH3 is 2. The molecule has 1 saturated heterocycles. The lowest BCUT2D eigenvalue weighted by atomic mass is 10.1. The van der Waals surface area contributed by atoms with Crippen molar-refractivity contribution in [2.24, 2.45) is 0 Å². The number of aryl methyl sites for hydroxylation is 1. The molecule has 0 spiro atoms. The maximum atomic E-state index is 12.9. The number of carbonyl (C=O) groups excluding carboxylic acids is 1. The van der Waals surface area contributed by atoms with E-state index in [0.29, 0.717) is 17.1 Å². The number of hydrogen-bond acceptors (Lipinski definition) is 6. The van der Waals surface area contributed by atoms with Gasteiger partial charge in [0.25, 0.3) is 5.91 Å². The molecule has 1 aliphatic heterocycles. The minimum absolute atomic E-state index is 0.0257. The van der Waals surface area contributed by atoms with Crippen LogP contribution in [0, 0.1) is 6.92 Å². The molecule has 2 aromatic rings. The third-order valence-corrected chi connectivity index (χ3v) is 5.10. The summed E-state index contributed by atoms with van der Waals surface area (Å²) in [4.78, 5) is 35.4. The molecule has 0 bridgehead atoms. The summed E-state index contributed by atoms with van der Waals surface area (Å²) in [7, 11) is 3.18. The zero-order valence-electron chi connectivity index (χ0n) is 18.4. The standard InChI is InChI=1S/C21H26N2O3.C2H2O4/c1-16-6-4-5-7-17(16)15-22-8-10-23(11-9-22)21(24)18-12-19(25-2)14-20(13-18)26-3;3-1(4)2(5)6/h4-7,12-14H,8-11,15H2,1-3H3;(H,3,4)(H,5,6). The number of rotatable bonds is 5. The second-order valence-electron chi connectivity index (χ2n) is 7.21. The molecule has 3 rings (SSSR count). The van der Waals surface area contributed by atoms with E-state index in [1.165, 1.54) is 11.1 Å². The van der Waals surface area contributed by atoms with Crippen LogP contribution in [0.5, 0.6) is 11.5 Å². The van der Waals surface area contributed by atoms with Crippen LogP contribution in [0.25, 0.3) is 0 Å². The number of benzene rings is 2. The second kappa shape index (κ2) is 11.7. The van der Waals surface area contributed by atoms with Gasteiger partial charge in [-0.1, -0.05) is 24.3 Å². The van der Waals surface area contributed by atoms with Crippen molar-refractivity contribution in [3.05, 3.63) is 59.2 Å². The minimum atomic E-state index is -1.82. The number of carboxylic acids is 2. The Bertz CT molecular complexity index is 919. The van der Waals surface area contributed by atoms with Gasteiger partial charge in [-0.15, -0.1) is 0 Å². The summed E-state index contributed by atoms with van der Waals surface area (Å²) in [6.45, 7) is 6.28. The van der Waals surface area contributed by atoms with Crippen molar-refractivity contribution >= 4 is 17.8 Å². The molecule has 1 heterocycles. The van der Waals surface area contributed by atoms with E-state index >= 15 is 0 Å². The van der Waals surface area contributed by atoms with Gasteiger partial charge in [-0.25, -0.2) is 9.59 Å². The first kappa shape index (κ1) is 24.7. The molecule has 0 unspecified atom stereocenters. The van der Waals surface area contributed by atoms with Crippen LogP contribution in [0.1, 0.15) is 21.5 Å². The summed E-state index contributed by atoms with van der Waals surface area (Å²) >= 11 is 0. The molecule has 0 saturated carbocycles. The molecule has 1 aliphatic rings. The molecule has 1 amide bonds. The van der Waals surface area contributed by atoms with Crippen LogP contribution in [0.3, 0.4) is 0 Å². The highest BCUT2D eigenvalue weighted by Gasteiger charge is 2.23. The fraction of sp³-hybridized carbons (Fsp3) is 0.348. The largest absolute Gasteiger partial charge is 0.497 e. The molecule has 0 radical (unpaired) electrons. The Balaban J connectivity index is 0.000000534. The maximum Gasteiger partial charge on any atom is 0.414 e. The van der Waals surface area contributed by atoms with Crippen LogP contribution >= 0.6 is 0 Å². The number of hydrogen-bond donors (Lipinski definition) is 2. The van der Waals surface area contributed by atoms with Gasteiger partial charge in [0.05, 0.1) is 14.2 Å². The van der Waals surface area contributed by atoms with E-state index in [2.05, 4.69) is 36.1 Å². The SMILES string of the molecule is COc1cc(OC)cc(C(=O)N2CCN(Cc3ccccc3C)CC2)c1.O=C(O)C(=O)O. The lowest BCUT2D eigenvalue weighted by Gasteiger charge is -2.35. The van der Waals surface area contributed by atoms with Crippen molar-refractivity contribution in [3.63, 3.8) is 0 Å². The van der Waals surface area contributed by atoms with Gasteiger partial charge in [-0.3, -0.25) is 9.69 Å². The van der Waals surface area contributed by atoms with E-state index in [-0.39, 0.29) is 5.91 Å². The molecule has 9 heteroatoms. The lowest BCUT2D eigenvalue weighted by molar-refractivity contribution is -0.159. The summed E-state index contributed by atoms with van der Waals surface area (Å²) in [5, 5.41) is 14.8. The van der Waals surface area contributed by atoms with E-state index in [0.717, 1.165) is 32.7 Å². The zero-order valence-corrected chi connectivity index (χ0v) is 18.4. The van der Waals surface area contributed by atoms with Gasteiger partial charge in [0.15, 0.2) is 0 Å². The van der Waals surface area contributed by atoms with Crippen molar-refractivity contribution in [2.45, 2.75) is 13.5 Å². The third-order valence-electron chi connectivity index (χ3n) is 5.10. The highest BCUT2D eigenvalue weighted by atomic mass is 16.5. The quantitative estimate of drug-likeness (QED) is 0.674. The van der Waals surface area contributed by atoms with Gasteiger partial charge in [-0.2, -0.15) is 0 Å². The average Bonchev–Trinajstić information content (AvgIpc) is 2.80. The van der Waals surface area contributed by atoms with E-state index in [1.54, 1.807) is 32.4 Å². The number of amides is 1. The molecule has 0 aromatic heterocycles. The summed E-state index contributed by atoms with van der Waals surface area (Å²) in [6.07, 6.45) is 0. The Hall–Kier alpha value is -3.59. The number of nitrogens with zero attached hydrogens (tertiary/aromatic N) is 2. The smallest absolute Gasteiger partial charge is 0.414 e. The summed E-state index contributed by atoms with van der Waals surface area (Å²) < 4.78 is 10.5. The first-order valence-corrected chi connectivity index (χ1v) is 10.0. The van der Waals surface area contributed by atoms with Gasteiger partial charge in [0.2, 0.25) is 0 Å². The van der Waals surface area contributed by atoms with Crippen LogP contribution in [-0.2, 0) is 16.1 Å². The molecular formula is C23H28N2O7. The predicted octanol–water partition coefficient (Wildman–Crippen LogP) is 2.13. The number of aliphatic carboxylic acids is 2. The average molecular weight is 444 g/mol. The first-order valence-electron chi connectivity index (χ1n) is 10.0. The minimum Gasteiger partial charge on any atom is -0.497 e. The molecule has 0 aliphatic carbocycles. The second-order valence-corrected chi connectivity index (χ2v) is 7.21. The number of ether oxygens (including phenoxy) is 2. The maximum absolute atomic E-state index is 12.9. The monoisotopic (exact) mass is 444 g/mol. The van der Waals surface area contributed by atoms with Gasteiger partial charge in [0, 0.05) is 44.4 Å². The Morgan fingerprint density at radius 1 is 0.875 bits per heavy atom. The van der Waals surface area contributed by atoms with Crippen molar-refractivity contribution in [2.75, 3.05) is 40.4 Å². The van der Waals surface area contributed by atoms with Crippen molar-refractivity contribution < 1.29 is 34.1 Å². The van der Waals surface area contributed by atoms with Crippen LogP contribution in [-0.4, -0.2) is 78.3 Å². The van der Waals surface area contributed by atoms with Crippen LogP contribution in [0.2, 0.25) is 0 Å². The normalized spacial score (nSPS) is 13.5. The molecule has 1 fully saturated rings. The molecule has 2 N–H and O–H groups in total. The van der Waals surface area contributed by atoms with E-state index in [1.807, 2.05) is 4.90 Å². The van der Waals surface area contributed by atoms with Gasteiger partial charge in [0.1, 0.15) is 11.5 Å². The topological polar surface area (TPSA) is 117 Å². The first-order chi connectivity index (χ1) is 15.2. The summed E-state index contributed by atoms with van der Waals surface area (Å²) in [5.74, 6) is -2.36. The number of carboxylic acid groups (broad SMARTS) is 2. The molecule has 2 aromatic carbocycles. The van der Waals surface area contributed by atoms with E-state index in [9.17, 15) is 4.79 Å². The van der Waals surface area contributed by atoms with Gasteiger partial charge < -0.3 is 24.6 Å². The van der Waals surface area contributed by atoms with Crippen LogP contribution in [0.4, 0.5) is 0 Å². The summed E-state index contributed by atoms with van der Waals surface area (Å²) in [6, 6.07) is 13.8. The Kier molecular flexibility index (Phi) is 9.03. The molecule has 0 atom stereocenters. The predicted molar refractivity (Wildman–Crippen MR) is 117 cm³/mol. The van der Waals surface area contributed by atoms with Gasteiger partial charge >= 0.3 is 11.9 Å². The molecule has 9 nitrogen and oxygen atoms in total. The Morgan fingerprint density at radius 2 is 1.41 bits per heavy atom. The molecule has 172 valence electrons. The summed E-state index contributed by atoms with van der Waals surface area (Å²) in [5.41, 5.74) is 3.27. The molecule has 32 heavy (non-hydrogen) atoms. The Morgan fingerprint density at radius 3 is 1.88 bits per heavy atom. The highest BCUT2D eigenvalue weighted by molar-refractivity contribution is 6.27. The highest BCUT2D eigenvalue weighted by Crippen LogP contribution is 2.24. The fourth-order valence-corrected chi connectivity index (χ4v) is 3.25. The van der Waals surface area contributed by atoms with Crippen molar-refractivity contribution in [3.8, 4) is 11.5 Å². The van der Waals surface area contributed by atoms with E-state index < -0.39 is 11.9 Å². The van der Waals surface area contributed by atoms with Crippen LogP contribution in [0.15, 0.2) is 42.5 Å². The fourth-order valence-electron chi connectivity index (χ4n) is 3.25.